The first-order chi connectivity index (χ1) is 31.2. The minimum absolute atomic E-state index is 0.596. The fourth-order valence-electron chi connectivity index (χ4n) is 9.91. The summed E-state index contributed by atoms with van der Waals surface area (Å²) >= 11 is 0. The first kappa shape index (κ1) is 35.3. The molecule has 0 fully saturated rings. The number of fused-ring (bicyclic) bond motifs is 12. The zero-order chi connectivity index (χ0) is 41.4. The summed E-state index contributed by atoms with van der Waals surface area (Å²) in [6.07, 6.45) is 0. The Kier molecular flexibility index (Phi) is 7.87. The number of oxazole rings is 1. The molecule has 0 spiro atoms. The van der Waals surface area contributed by atoms with E-state index in [1.165, 1.54) is 64.9 Å². The molecule has 0 saturated carbocycles. The van der Waals surface area contributed by atoms with Gasteiger partial charge in [-0.05, 0) is 122 Å². The van der Waals surface area contributed by atoms with E-state index < -0.39 is 0 Å². The maximum Gasteiger partial charge on any atom is 0.227 e. The summed E-state index contributed by atoms with van der Waals surface area (Å²) in [5, 5.41) is 12.3. The number of hydrogen-bond acceptors (Lipinski definition) is 3. The predicted octanol–water partition coefficient (Wildman–Crippen LogP) is 16.3. The molecule has 2 heterocycles. The number of anilines is 3. The van der Waals surface area contributed by atoms with Gasteiger partial charge in [0, 0.05) is 38.8 Å². The summed E-state index contributed by atoms with van der Waals surface area (Å²) in [7, 11) is 0. The highest BCUT2D eigenvalue weighted by Crippen LogP contribution is 2.45. The van der Waals surface area contributed by atoms with E-state index in [0.29, 0.717) is 5.89 Å². The van der Waals surface area contributed by atoms with Gasteiger partial charge < -0.3 is 13.9 Å². The number of hydrogen-bond donors (Lipinski definition) is 0. The average Bonchev–Trinajstić information content (AvgIpc) is 3.95. The Bertz CT molecular complexity index is 3890. The summed E-state index contributed by atoms with van der Waals surface area (Å²) in [5.74, 6) is 0.596. The minimum atomic E-state index is 0.596. The van der Waals surface area contributed by atoms with Crippen LogP contribution < -0.4 is 4.90 Å². The second-order valence-corrected chi connectivity index (χ2v) is 16.3. The lowest BCUT2D eigenvalue weighted by Gasteiger charge is -2.26. The van der Waals surface area contributed by atoms with Gasteiger partial charge in [-0.25, -0.2) is 4.98 Å². The summed E-state index contributed by atoms with van der Waals surface area (Å²) in [5.41, 5.74) is 11.2. The van der Waals surface area contributed by atoms with Gasteiger partial charge in [-0.15, -0.1) is 0 Å². The second-order valence-electron chi connectivity index (χ2n) is 16.3. The average molecular weight is 804 g/mol. The van der Waals surface area contributed by atoms with Gasteiger partial charge in [0.05, 0.1) is 16.7 Å². The third kappa shape index (κ3) is 5.59. The monoisotopic (exact) mass is 803 g/mol. The molecule has 63 heavy (non-hydrogen) atoms. The molecule has 294 valence electrons. The summed E-state index contributed by atoms with van der Waals surface area (Å²) in [6, 6.07) is 80.5. The number of aromatic nitrogens is 2. The molecular formula is C59H37N3O. The molecule has 2 aromatic heterocycles. The van der Waals surface area contributed by atoms with Gasteiger partial charge in [-0.1, -0.05) is 152 Å². The van der Waals surface area contributed by atoms with Gasteiger partial charge in [0.1, 0.15) is 5.52 Å². The summed E-state index contributed by atoms with van der Waals surface area (Å²) < 4.78 is 9.16. The van der Waals surface area contributed by atoms with E-state index in [2.05, 4.69) is 198 Å². The topological polar surface area (TPSA) is 34.2 Å². The maximum absolute atomic E-state index is 6.74. The largest absolute Gasteiger partial charge is 0.434 e. The van der Waals surface area contributed by atoms with Crippen molar-refractivity contribution in [3.05, 3.63) is 224 Å². The minimum Gasteiger partial charge on any atom is -0.434 e. The molecule has 11 aromatic carbocycles. The van der Waals surface area contributed by atoms with Crippen LogP contribution in [0, 0.1) is 0 Å². The number of benzene rings is 11. The van der Waals surface area contributed by atoms with Gasteiger partial charge in [0.15, 0.2) is 5.58 Å². The van der Waals surface area contributed by atoms with E-state index in [1.54, 1.807) is 0 Å². The van der Waals surface area contributed by atoms with Crippen molar-refractivity contribution in [2.75, 3.05) is 4.90 Å². The molecule has 0 radical (unpaired) electrons. The van der Waals surface area contributed by atoms with Crippen LogP contribution in [0.15, 0.2) is 229 Å². The lowest BCUT2D eigenvalue weighted by molar-refractivity contribution is 0.620. The van der Waals surface area contributed by atoms with Crippen LogP contribution in [0.25, 0.3) is 104 Å². The molecule has 0 atom stereocenters. The van der Waals surface area contributed by atoms with E-state index in [9.17, 15) is 0 Å². The Morgan fingerprint density at radius 2 is 0.984 bits per heavy atom. The predicted molar refractivity (Wildman–Crippen MR) is 264 cm³/mol. The van der Waals surface area contributed by atoms with Crippen molar-refractivity contribution < 1.29 is 4.42 Å². The van der Waals surface area contributed by atoms with Gasteiger partial charge in [-0.2, -0.15) is 0 Å². The van der Waals surface area contributed by atoms with Crippen molar-refractivity contribution in [3.63, 3.8) is 0 Å². The maximum atomic E-state index is 6.74. The lowest BCUT2D eigenvalue weighted by Crippen LogP contribution is -2.10. The zero-order valence-electron chi connectivity index (χ0n) is 34.1. The molecule has 0 aliphatic carbocycles. The van der Waals surface area contributed by atoms with Crippen molar-refractivity contribution >= 4 is 93.1 Å². The van der Waals surface area contributed by atoms with Gasteiger partial charge >= 0.3 is 0 Å². The highest BCUT2D eigenvalue weighted by Gasteiger charge is 2.22. The van der Waals surface area contributed by atoms with Crippen LogP contribution in [-0.4, -0.2) is 9.55 Å². The number of rotatable bonds is 6. The molecule has 4 heteroatoms. The van der Waals surface area contributed by atoms with Crippen LogP contribution in [0.3, 0.4) is 0 Å². The highest BCUT2D eigenvalue weighted by atomic mass is 16.3. The van der Waals surface area contributed by atoms with Gasteiger partial charge in [-0.3, -0.25) is 0 Å². The molecular weight excluding hydrogens is 767 g/mol. The van der Waals surface area contributed by atoms with Crippen molar-refractivity contribution in [1.82, 2.24) is 9.55 Å². The Morgan fingerprint density at radius 3 is 1.76 bits per heavy atom. The van der Waals surface area contributed by atoms with Gasteiger partial charge in [0.25, 0.3) is 0 Å². The van der Waals surface area contributed by atoms with Crippen LogP contribution in [0.5, 0.6) is 0 Å². The van der Waals surface area contributed by atoms with Gasteiger partial charge in [0.2, 0.25) is 5.89 Å². The molecule has 0 aliphatic heterocycles. The molecule has 0 unspecified atom stereocenters. The van der Waals surface area contributed by atoms with Crippen LogP contribution in [0.1, 0.15) is 0 Å². The highest BCUT2D eigenvalue weighted by molar-refractivity contribution is 6.26. The normalized spacial score (nSPS) is 11.8. The van der Waals surface area contributed by atoms with Crippen LogP contribution in [-0.2, 0) is 0 Å². The molecule has 0 N–H and O–H groups in total. The smallest absolute Gasteiger partial charge is 0.227 e. The van der Waals surface area contributed by atoms with E-state index in [4.69, 9.17) is 9.40 Å². The van der Waals surface area contributed by atoms with Crippen molar-refractivity contribution in [2.45, 2.75) is 0 Å². The Labute approximate surface area is 363 Å². The molecule has 13 aromatic rings. The molecule has 0 amide bonds. The first-order valence-corrected chi connectivity index (χ1v) is 21.5. The van der Waals surface area contributed by atoms with Crippen molar-refractivity contribution in [3.8, 4) is 28.3 Å². The fourth-order valence-corrected chi connectivity index (χ4v) is 9.91. The lowest BCUT2D eigenvalue weighted by atomic mass is 9.94. The second kappa shape index (κ2) is 14.1. The third-order valence-electron chi connectivity index (χ3n) is 12.7. The quantitative estimate of drug-likeness (QED) is 0.157. The molecule has 13 rings (SSSR count). The first-order valence-electron chi connectivity index (χ1n) is 21.5. The van der Waals surface area contributed by atoms with E-state index in [-0.39, 0.29) is 0 Å². The third-order valence-corrected chi connectivity index (χ3v) is 12.7. The summed E-state index contributed by atoms with van der Waals surface area (Å²) in [4.78, 5) is 7.34. The standard InChI is InChI=1S/C59H37N3O/c1-3-16-39(17-4-1)59-60-54-27-14-28-56(58(54)63-59)61(44-31-33-50-48-25-10-9-23-46(48)47-24-11-12-26-49(47)52(50)37-44)43-21-13-18-40(35-43)41-30-34-55-53(36-41)51-32-29-38-15-7-8-22-45(38)57(51)62(55)42-19-5-2-6-20-42/h1-37H. The number of para-hydroxylation sites is 2. The zero-order valence-corrected chi connectivity index (χ0v) is 34.1. The van der Waals surface area contributed by atoms with Crippen LogP contribution in [0.2, 0.25) is 0 Å². The van der Waals surface area contributed by atoms with Crippen molar-refractivity contribution in [1.29, 1.82) is 0 Å². The van der Waals surface area contributed by atoms with E-state index in [1.807, 2.05) is 36.4 Å². The SMILES string of the molecule is c1ccc(-c2nc3cccc(N(c4cccc(-c5ccc6c(c5)c5ccc7ccccc7c5n6-c5ccccc5)c4)c4ccc5c6ccccc6c6ccccc6c5c4)c3o2)cc1. The van der Waals surface area contributed by atoms with E-state index in [0.717, 1.165) is 50.5 Å². The Hall–Kier alpha value is -8.47. The van der Waals surface area contributed by atoms with Crippen LogP contribution in [0.4, 0.5) is 17.1 Å². The molecule has 4 nitrogen and oxygen atoms in total. The molecule has 0 saturated heterocycles. The molecule has 0 aliphatic rings. The number of nitrogens with zero attached hydrogens (tertiary/aromatic N) is 3. The van der Waals surface area contributed by atoms with Crippen molar-refractivity contribution in [2.24, 2.45) is 0 Å². The fraction of sp³-hybridized carbons (Fsp3) is 0. The summed E-state index contributed by atoms with van der Waals surface area (Å²) in [6.45, 7) is 0. The molecule has 0 bridgehead atoms. The Balaban J connectivity index is 1.03. The van der Waals surface area contributed by atoms with Crippen LogP contribution >= 0.6 is 0 Å². The van der Waals surface area contributed by atoms with E-state index >= 15 is 0 Å². The Morgan fingerprint density at radius 1 is 0.381 bits per heavy atom.